The molecule has 0 saturated heterocycles. The Hall–Kier alpha value is -0.640. The van der Waals surface area contributed by atoms with Crippen LogP contribution >= 0.6 is 11.8 Å². The molecule has 1 atom stereocenters. The summed E-state index contributed by atoms with van der Waals surface area (Å²) in [6, 6.07) is 8.66. The molecule has 1 unspecified atom stereocenters. The molecule has 4 heteroatoms. The molecule has 72 valence electrons. The second kappa shape index (κ2) is 4.05. The Bertz CT molecular complexity index is 255. The minimum atomic E-state index is -4.16. The quantitative estimate of drug-likeness (QED) is 0.704. The summed E-state index contributed by atoms with van der Waals surface area (Å²) < 4.78 is 35.9. The molecule has 0 nitrogen and oxygen atoms in total. The standard InChI is InChI=1S/C9H9F3S/c1-7(13-9(10,11)12)8-5-3-2-4-6-8/h2-7H,1H3. The number of benzene rings is 1. The summed E-state index contributed by atoms with van der Waals surface area (Å²) in [7, 11) is 0. The van der Waals surface area contributed by atoms with E-state index in [1.54, 1.807) is 37.3 Å². The lowest BCUT2D eigenvalue weighted by atomic mass is 10.2. The van der Waals surface area contributed by atoms with Gasteiger partial charge in [-0.25, -0.2) is 0 Å². The SMILES string of the molecule is CC(SC(F)(F)F)c1ccccc1. The van der Waals surface area contributed by atoms with Gasteiger partial charge in [-0.2, -0.15) is 13.2 Å². The first-order valence-electron chi connectivity index (χ1n) is 3.78. The highest BCUT2D eigenvalue weighted by molar-refractivity contribution is 8.00. The number of thioether (sulfide) groups is 1. The highest BCUT2D eigenvalue weighted by atomic mass is 32.2. The van der Waals surface area contributed by atoms with Crippen molar-refractivity contribution < 1.29 is 13.2 Å². The van der Waals surface area contributed by atoms with Gasteiger partial charge in [0.25, 0.3) is 0 Å². The van der Waals surface area contributed by atoms with Crippen molar-refractivity contribution in [1.82, 2.24) is 0 Å². The Morgan fingerprint density at radius 1 is 1.15 bits per heavy atom. The zero-order valence-corrected chi connectivity index (χ0v) is 7.82. The van der Waals surface area contributed by atoms with Crippen LogP contribution in [0.3, 0.4) is 0 Å². The van der Waals surface area contributed by atoms with E-state index in [0.29, 0.717) is 5.56 Å². The van der Waals surface area contributed by atoms with E-state index in [-0.39, 0.29) is 11.8 Å². The third kappa shape index (κ3) is 3.72. The van der Waals surface area contributed by atoms with Gasteiger partial charge in [-0.3, -0.25) is 0 Å². The summed E-state index contributed by atoms with van der Waals surface area (Å²) in [6.07, 6.45) is 0. The lowest BCUT2D eigenvalue weighted by Gasteiger charge is -2.13. The summed E-state index contributed by atoms with van der Waals surface area (Å²) in [6.45, 7) is 1.55. The largest absolute Gasteiger partial charge is 0.442 e. The molecule has 0 radical (unpaired) electrons. The molecule has 0 saturated carbocycles. The molecule has 0 amide bonds. The van der Waals surface area contributed by atoms with E-state index in [9.17, 15) is 13.2 Å². The average molecular weight is 206 g/mol. The van der Waals surface area contributed by atoms with Crippen molar-refractivity contribution in [1.29, 1.82) is 0 Å². The summed E-state index contributed by atoms with van der Waals surface area (Å²) in [5.74, 6) is 0. The molecule has 1 aromatic rings. The van der Waals surface area contributed by atoms with Gasteiger partial charge in [0.05, 0.1) is 0 Å². The predicted molar refractivity (Wildman–Crippen MR) is 48.5 cm³/mol. The maximum atomic E-state index is 12.0. The molecule has 13 heavy (non-hydrogen) atoms. The maximum absolute atomic E-state index is 12.0. The summed E-state index contributed by atoms with van der Waals surface area (Å²) in [4.78, 5) is 0. The molecule has 0 aliphatic heterocycles. The van der Waals surface area contributed by atoms with E-state index in [1.165, 1.54) is 0 Å². The normalized spacial score (nSPS) is 14.2. The first kappa shape index (κ1) is 10.4. The Morgan fingerprint density at radius 2 is 1.69 bits per heavy atom. The van der Waals surface area contributed by atoms with Gasteiger partial charge in [0.1, 0.15) is 0 Å². The van der Waals surface area contributed by atoms with Crippen LogP contribution < -0.4 is 0 Å². The second-order valence-electron chi connectivity index (χ2n) is 2.62. The van der Waals surface area contributed by atoms with Crippen LogP contribution in [0.15, 0.2) is 30.3 Å². The van der Waals surface area contributed by atoms with Crippen LogP contribution in [-0.4, -0.2) is 5.51 Å². The van der Waals surface area contributed by atoms with Gasteiger partial charge < -0.3 is 0 Å². The lowest BCUT2D eigenvalue weighted by molar-refractivity contribution is -0.0333. The molecule has 0 heterocycles. The van der Waals surface area contributed by atoms with Crippen molar-refractivity contribution >= 4 is 11.8 Å². The van der Waals surface area contributed by atoms with Gasteiger partial charge in [-0.15, -0.1) is 0 Å². The highest BCUT2D eigenvalue weighted by Gasteiger charge is 2.31. The van der Waals surface area contributed by atoms with Crippen molar-refractivity contribution in [3.63, 3.8) is 0 Å². The van der Waals surface area contributed by atoms with Gasteiger partial charge in [0.2, 0.25) is 0 Å². The van der Waals surface area contributed by atoms with E-state index in [1.807, 2.05) is 0 Å². The topological polar surface area (TPSA) is 0 Å². The fraction of sp³-hybridized carbons (Fsp3) is 0.333. The molecule has 0 aliphatic rings. The third-order valence-corrected chi connectivity index (χ3v) is 2.47. The Labute approximate surface area is 79.1 Å². The summed E-state index contributed by atoms with van der Waals surface area (Å²) in [5.41, 5.74) is -3.46. The highest BCUT2D eigenvalue weighted by Crippen LogP contribution is 2.41. The monoisotopic (exact) mass is 206 g/mol. The van der Waals surface area contributed by atoms with Crippen molar-refractivity contribution in [3.05, 3.63) is 35.9 Å². The molecule has 1 aromatic carbocycles. The summed E-state index contributed by atoms with van der Waals surface area (Å²) >= 11 is 0.00981. The second-order valence-corrected chi connectivity index (χ2v) is 4.02. The van der Waals surface area contributed by atoms with Gasteiger partial charge in [-0.1, -0.05) is 30.3 Å². The van der Waals surface area contributed by atoms with E-state index >= 15 is 0 Å². The number of hydrogen-bond donors (Lipinski definition) is 0. The number of rotatable bonds is 2. The van der Waals surface area contributed by atoms with Crippen molar-refractivity contribution in [3.8, 4) is 0 Å². The van der Waals surface area contributed by atoms with Crippen molar-refractivity contribution in [2.24, 2.45) is 0 Å². The van der Waals surface area contributed by atoms with E-state index < -0.39 is 10.8 Å². The molecular formula is C9H9F3S. The molecule has 1 rings (SSSR count). The third-order valence-electron chi connectivity index (χ3n) is 1.58. The Balaban J connectivity index is 2.64. The molecule has 0 bridgehead atoms. The lowest BCUT2D eigenvalue weighted by Crippen LogP contribution is -2.03. The molecule has 0 aromatic heterocycles. The van der Waals surface area contributed by atoms with Crippen LogP contribution in [0.4, 0.5) is 13.2 Å². The van der Waals surface area contributed by atoms with Crippen molar-refractivity contribution in [2.45, 2.75) is 17.7 Å². The van der Waals surface area contributed by atoms with Crippen LogP contribution in [-0.2, 0) is 0 Å². The minimum absolute atomic E-state index is 0.00981. The zero-order chi connectivity index (χ0) is 9.90. The first-order valence-corrected chi connectivity index (χ1v) is 4.66. The van der Waals surface area contributed by atoms with Crippen LogP contribution in [0, 0.1) is 0 Å². The number of alkyl halides is 3. The molecule has 0 spiro atoms. The number of halogens is 3. The van der Waals surface area contributed by atoms with Crippen LogP contribution in [0.1, 0.15) is 17.7 Å². The molecule has 0 fully saturated rings. The first-order chi connectivity index (χ1) is 5.99. The van der Waals surface area contributed by atoms with Crippen molar-refractivity contribution in [2.75, 3.05) is 0 Å². The molecule has 0 N–H and O–H groups in total. The summed E-state index contributed by atoms with van der Waals surface area (Å²) in [5, 5.41) is -0.541. The molecule has 0 aliphatic carbocycles. The fourth-order valence-corrected chi connectivity index (χ4v) is 1.69. The van der Waals surface area contributed by atoms with Gasteiger partial charge in [0.15, 0.2) is 0 Å². The molecular weight excluding hydrogens is 197 g/mol. The minimum Gasteiger partial charge on any atom is -0.160 e. The smallest absolute Gasteiger partial charge is 0.160 e. The Morgan fingerprint density at radius 3 is 2.15 bits per heavy atom. The zero-order valence-electron chi connectivity index (χ0n) is 7.01. The van der Waals surface area contributed by atoms with Gasteiger partial charge >= 0.3 is 5.51 Å². The maximum Gasteiger partial charge on any atom is 0.442 e. The van der Waals surface area contributed by atoms with Crippen LogP contribution in [0.2, 0.25) is 0 Å². The van der Waals surface area contributed by atoms with E-state index in [4.69, 9.17) is 0 Å². The predicted octanol–water partition coefficient (Wildman–Crippen LogP) is 4.00. The Kier molecular flexibility index (Phi) is 3.25. The van der Waals surface area contributed by atoms with Gasteiger partial charge in [0, 0.05) is 5.25 Å². The van der Waals surface area contributed by atoms with E-state index in [2.05, 4.69) is 0 Å². The van der Waals surface area contributed by atoms with E-state index in [0.717, 1.165) is 0 Å². The fourth-order valence-electron chi connectivity index (χ4n) is 0.993. The van der Waals surface area contributed by atoms with Crippen LogP contribution in [0.25, 0.3) is 0 Å². The van der Waals surface area contributed by atoms with Gasteiger partial charge in [-0.05, 0) is 24.2 Å². The van der Waals surface area contributed by atoms with Crippen LogP contribution in [0.5, 0.6) is 0 Å². The average Bonchev–Trinajstić information content (AvgIpc) is 2.03. The number of hydrogen-bond acceptors (Lipinski definition) is 1.